The number of nitrogens with one attached hydrogen (secondary N) is 1. The van der Waals surface area contributed by atoms with Crippen molar-refractivity contribution in [3.8, 4) is 0 Å². The molecule has 3 rings (SSSR count). The van der Waals surface area contributed by atoms with Crippen molar-refractivity contribution >= 4 is 11.7 Å². The molecule has 3 heteroatoms. The van der Waals surface area contributed by atoms with Gasteiger partial charge in [0, 0.05) is 17.8 Å². The van der Waals surface area contributed by atoms with Crippen LogP contribution in [0.2, 0.25) is 0 Å². The smallest absolute Gasteiger partial charge is 0.331 e. The second-order valence-electron chi connectivity index (χ2n) is 5.35. The number of fused-ring (bicyclic) bond motifs is 1. The van der Waals surface area contributed by atoms with Gasteiger partial charge >= 0.3 is 5.97 Å². The van der Waals surface area contributed by atoms with Crippen molar-refractivity contribution in [2.75, 3.05) is 11.9 Å². The number of aliphatic carboxylic acids is 1. The van der Waals surface area contributed by atoms with E-state index in [-0.39, 0.29) is 5.41 Å². The lowest BCUT2D eigenvalue weighted by atomic mass is 9.79. The van der Waals surface area contributed by atoms with Crippen molar-refractivity contribution in [2.24, 2.45) is 5.41 Å². The first-order chi connectivity index (χ1) is 8.69. The largest absolute Gasteiger partial charge is 0.478 e. The van der Waals surface area contributed by atoms with Crippen LogP contribution in [0.15, 0.2) is 35.9 Å². The molecule has 94 valence electrons. The summed E-state index contributed by atoms with van der Waals surface area (Å²) in [6.07, 6.45) is 5.65. The van der Waals surface area contributed by atoms with Gasteiger partial charge < -0.3 is 10.4 Å². The lowest BCUT2D eigenvalue weighted by molar-refractivity contribution is -0.132. The van der Waals surface area contributed by atoms with E-state index < -0.39 is 5.97 Å². The predicted molar refractivity (Wildman–Crippen MR) is 70.6 cm³/mol. The zero-order chi connectivity index (χ0) is 12.6. The molecule has 0 fully saturated rings. The standard InChI is InChI=1S/C15H17NO2/c17-14(18)12-5-6-15(10-12)7-8-16-13-4-2-1-3-11(13)9-15/h1-4,10,16H,5-9H2,(H,17,18)/t15-/m1/s1. The Bertz CT molecular complexity index is 521. The van der Waals surface area contributed by atoms with Crippen LogP contribution >= 0.6 is 0 Å². The maximum Gasteiger partial charge on any atom is 0.331 e. The van der Waals surface area contributed by atoms with E-state index >= 15 is 0 Å². The summed E-state index contributed by atoms with van der Waals surface area (Å²) in [5.41, 5.74) is 3.15. The quantitative estimate of drug-likeness (QED) is 0.797. The zero-order valence-electron chi connectivity index (χ0n) is 10.3. The molecule has 1 spiro atoms. The van der Waals surface area contributed by atoms with Crippen LogP contribution in [0.1, 0.15) is 24.8 Å². The minimum Gasteiger partial charge on any atom is -0.478 e. The molecule has 0 bridgehead atoms. The van der Waals surface area contributed by atoms with E-state index in [1.807, 2.05) is 12.1 Å². The highest BCUT2D eigenvalue weighted by Gasteiger charge is 2.36. The number of carboxylic acids is 1. The average Bonchev–Trinajstić information content (AvgIpc) is 2.67. The summed E-state index contributed by atoms with van der Waals surface area (Å²) in [7, 11) is 0. The molecule has 3 nitrogen and oxygen atoms in total. The highest BCUT2D eigenvalue weighted by molar-refractivity contribution is 5.87. The summed E-state index contributed by atoms with van der Waals surface area (Å²) < 4.78 is 0. The van der Waals surface area contributed by atoms with Gasteiger partial charge in [-0.3, -0.25) is 0 Å². The summed E-state index contributed by atoms with van der Waals surface area (Å²) in [6.45, 7) is 0.917. The summed E-state index contributed by atoms with van der Waals surface area (Å²) in [5, 5.41) is 12.6. The molecule has 1 aliphatic heterocycles. The van der Waals surface area contributed by atoms with Gasteiger partial charge in [-0.25, -0.2) is 4.79 Å². The number of hydrogen-bond acceptors (Lipinski definition) is 2. The fourth-order valence-corrected chi connectivity index (χ4v) is 3.16. The molecular weight excluding hydrogens is 226 g/mol. The number of allylic oxidation sites excluding steroid dienone is 1. The fraction of sp³-hybridized carbons (Fsp3) is 0.400. The highest BCUT2D eigenvalue weighted by atomic mass is 16.4. The Morgan fingerprint density at radius 1 is 1.28 bits per heavy atom. The van der Waals surface area contributed by atoms with Gasteiger partial charge in [0.05, 0.1) is 0 Å². The first-order valence-electron chi connectivity index (χ1n) is 6.45. The summed E-state index contributed by atoms with van der Waals surface area (Å²) in [4.78, 5) is 11.1. The summed E-state index contributed by atoms with van der Waals surface area (Å²) >= 11 is 0. The molecule has 1 heterocycles. The lowest BCUT2D eigenvalue weighted by Gasteiger charge is -2.25. The second kappa shape index (κ2) is 4.16. The molecule has 0 saturated heterocycles. The Morgan fingerprint density at radius 3 is 2.89 bits per heavy atom. The van der Waals surface area contributed by atoms with Crippen LogP contribution in [0.3, 0.4) is 0 Å². The third kappa shape index (κ3) is 1.90. The number of rotatable bonds is 1. The van der Waals surface area contributed by atoms with Crippen molar-refractivity contribution in [2.45, 2.75) is 25.7 Å². The van der Waals surface area contributed by atoms with Gasteiger partial charge in [0.2, 0.25) is 0 Å². The Hall–Kier alpha value is -1.77. The third-order valence-corrected chi connectivity index (χ3v) is 4.15. The number of para-hydroxylation sites is 1. The maximum atomic E-state index is 11.1. The lowest BCUT2D eigenvalue weighted by Crippen LogP contribution is -2.19. The minimum absolute atomic E-state index is 0.0489. The van der Waals surface area contributed by atoms with Gasteiger partial charge in [0.1, 0.15) is 0 Å². The van der Waals surface area contributed by atoms with E-state index in [9.17, 15) is 4.79 Å². The molecule has 0 amide bonds. The molecular formula is C15H17NO2. The van der Waals surface area contributed by atoms with Crippen molar-refractivity contribution in [3.63, 3.8) is 0 Å². The van der Waals surface area contributed by atoms with Crippen LogP contribution in [-0.2, 0) is 11.2 Å². The minimum atomic E-state index is -0.752. The molecule has 2 aliphatic rings. The fourth-order valence-electron chi connectivity index (χ4n) is 3.16. The maximum absolute atomic E-state index is 11.1. The molecule has 1 aromatic rings. The second-order valence-corrected chi connectivity index (χ2v) is 5.35. The van der Waals surface area contributed by atoms with Crippen LogP contribution in [0.4, 0.5) is 5.69 Å². The van der Waals surface area contributed by atoms with E-state index in [1.54, 1.807) is 0 Å². The molecule has 0 aromatic heterocycles. The van der Waals surface area contributed by atoms with Gasteiger partial charge in [-0.15, -0.1) is 0 Å². The van der Waals surface area contributed by atoms with Crippen molar-refractivity contribution in [3.05, 3.63) is 41.5 Å². The molecule has 1 aromatic carbocycles. The Morgan fingerprint density at radius 2 is 2.11 bits per heavy atom. The normalized spacial score (nSPS) is 26.1. The van der Waals surface area contributed by atoms with Gasteiger partial charge in [0.15, 0.2) is 0 Å². The van der Waals surface area contributed by atoms with Crippen LogP contribution in [0, 0.1) is 5.41 Å². The van der Waals surface area contributed by atoms with Crippen LogP contribution in [0.25, 0.3) is 0 Å². The van der Waals surface area contributed by atoms with Gasteiger partial charge in [0.25, 0.3) is 0 Å². The van der Waals surface area contributed by atoms with Crippen LogP contribution in [0.5, 0.6) is 0 Å². The predicted octanol–water partition coefficient (Wildman–Crippen LogP) is 2.84. The summed E-state index contributed by atoms with van der Waals surface area (Å²) in [5.74, 6) is -0.752. The van der Waals surface area contributed by atoms with Gasteiger partial charge in [-0.05, 0) is 42.7 Å². The van der Waals surface area contributed by atoms with E-state index in [0.717, 1.165) is 25.8 Å². The number of benzene rings is 1. The Balaban J connectivity index is 1.94. The molecule has 2 N–H and O–H groups in total. The highest BCUT2D eigenvalue weighted by Crippen LogP contribution is 2.44. The third-order valence-electron chi connectivity index (χ3n) is 4.15. The average molecular weight is 243 g/mol. The van der Waals surface area contributed by atoms with Crippen molar-refractivity contribution < 1.29 is 9.90 Å². The first-order valence-corrected chi connectivity index (χ1v) is 6.45. The summed E-state index contributed by atoms with van der Waals surface area (Å²) in [6, 6.07) is 8.33. The van der Waals surface area contributed by atoms with Crippen molar-refractivity contribution in [1.82, 2.24) is 0 Å². The van der Waals surface area contributed by atoms with Crippen LogP contribution < -0.4 is 5.32 Å². The van der Waals surface area contributed by atoms with E-state index in [1.165, 1.54) is 11.3 Å². The molecule has 0 unspecified atom stereocenters. The monoisotopic (exact) mass is 243 g/mol. The molecule has 0 radical (unpaired) electrons. The Labute approximate surface area is 107 Å². The Kier molecular flexibility index (Phi) is 2.62. The van der Waals surface area contributed by atoms with Gasteiger partial charge in [-0.2, -0.15) is 0 Å². The van der Waals surface area contributed by atoms with Crippen molar-refractivity contribution in [1.29, 1.82) is 0 Å². The van der Waals surface area contributed by atoms with Gasteiger partial charge in [-0.1, -0.05) is 24.3 Å². The molecule has 1 aliphatic carbocycles. The SMILES string of the molecule is O=C(O)C1=C[C@@]2(CCNc3ccccc3C2)CC1. The first kappa shape index (κ1) is 11.3. The van der Waals surface area contributed by atoms with E-state index in [4.69, 9.17) is 5.11 Å². The molecule has 18 heavy (non-hydrogen) atoms. The molecule has 0 saturated carbocycles. The number of carboxylic acid groups (broad SMARTS) is 1. The van der Waals surface area contributed by atoms with E-state index in [0.29, 0.717) is 12.0 Å². The van der Waals surface area contributed by atoms with E-state index in [2.05, 4.69) is 23.5 Å². The number of anilines is 1. The molecule has 1 atom stereocenters. The number of hydrogen-bond donors (Lipinski definition) is 2. The number of carbonyl (C=O) groups is 1. The topological polar surface area (TPSA) is 49.3 Å². The van der Waals surface area contributed by atoms with Crippen LogP contribution in [-0.4, -0.2) is 17.6 Å². The zero-order valence-corrected chi connectivity index (χ0v) is 10.3.